The molecule has 0 saturated heterocycles. The highest BCUT2D eigenvalue weighted by atomic mass is 16.5. The van der Waals surface area contributed by atoms with Crippen LogP contribution in [-0.2, 0) is 14.3 Å². The molecule has 0 aliphatic rings. The monoisotopic (exact) mass is 245 g/mol. The number of esters is 2. The first-order chi connectivity index (χ1) is 8.62. The van der Waals surface area contributed by atoms with Crippen molar-refractivity contribution in [3.63, 3.8) is 0 Å². The van der Waals surface area contributed by atoms with Gasteiger partial charge in [0.2, 0.25) is 0 Å². The van der Waals surface area contributed by atoms with Crippen LogP contribution in [0, 0.1) is 11.3 Å². The van der Waals surface area contributed by atoms with Crippen molar-refractivity contribution in [3.8, 4) is 6.07 Å². The molecule has 0 radical (unpaired) electrons. The number of ether oxygens (including phenoxy) is 2. The number of hydrogen-bond acceptors (Lipinski definition) is 5. The molecule has 0 aliphatic carbocycles. The van der Waals surface area contributed by atoms with Crippen LogP contribution < -0.4 is 0 Å². The highest BCUT2D eigenvalue weighted by molar-refractivity contribution is 5.98. The van der Waals surface area contributed by atoms with Gasteiger partial charge in [-0.15, -0.1) is 0 Å². The smallest absolute Gasteiger partial charge is 0.348 e. The van der Waals surface area contributed by atoms with Crippen LogP contribution in [0.1, 0.15) is 15.9 Å². The van der Waals surface area contributed by atoms with Gasteiger partial charge in [-0.25, -0.2) is 9.59 Å². The molecule has 0 aliphatic heterocycles. The molecular weight excluding hydrogens is 234 g/mol. The van der Waals surface area contributed by atoms with E-state index in [0.29, 0.717) is 11.1 Å². The number of benzene rings is 1. The van der Waals surface area contributed by atoms with Crippen LogP contribution in [0.3, 0.4) is 0 Å². The summed E-state index contributed by atoms with van der Waals surface area (Å²) < 4.78 is 9.00. The fourth-order valence-corrected chi connectivity index (χ4v) is 1.25. The minimum absolute atomic E-state index is 0.108. The Hall–Kier alpha value is -2.61. The number of nitriles is 1. The third-order valence-corrected chi connectivity index (χ3v) is 2.17. The molecule has 0 heterocycles. The maximum atomic E-state index is 11.2. The highest BCUT2D eigenvalue weighted by Crippen LogP contribution is 2.10. The summed E-state index contributed by atoms with van der Waals surface area (Å²) in [6.45, 7) is 0. The average molecular weight is 245 g/mol. The van der Waals surface area contributed by atoms with E-state index in [-0.39, 0.29) is 5.57 Å². The molecule has 1 aromatic rings. The van der Waals surface area contributed by atoms with Gasteiger partial charge in [-0.05, 0) is 23.8 Å². The van der Waals surface area contributed by atoms with Gasteiger partial charge in [0, 0.05) is 0 Å². The molecule has 0 bridgehead atoms. The largest absolute Gasteiger partial charge is 0.465 e. The number of carbonyl (C=O) groups excluding carboxylic acids is 2. The van der Waals surface area contributed by atoms with Gasteiger partial charge in [0.1, 0.15) is 11.6 Å². The first-order valence-corrected chi connectivity index (χ1v) is 5.01. The molecule has 92 valence electrons. The Morgan fingerprint density at radius 2 is 1.78 bits per heavy atom. The molecule has 1 aromatic carbocycles. The second-order valence-electron chi connectivity index (χ2n) is 3.27. The van der Waals surface area contributed by atoms with Crippen LogP contribution in [0.25, 0.3) is 6.08 Å². The summed E-state index contributed by atoms with van der Waals surface area (Å²) >= 11 is 0. The topological polar surface area (TPSA) is 76.4 Å². The first kappa shape index (κ1) is 13.5. The van der Waals surface area contributed by atoms with Crippen molar-refractivity contribution in [3.05, 3.63) is 41.0 Å². The SMILES string of the molecule is COC(=O)/C(C#N)=C/c1ccc(C(=O)OC)cc1. The molecule has 0 atom stereocenters. The summed E-state index contributed by atoms with van der Waals surface area (Å²) in [7, 11) is 2.50. The van der Waals surface area contributed by atoms with Crippen molar-refractivity contribution in [2.24, 2.45) is 0 Å². The van der Waals surface area contributed by atoms with Gasteiger partial charge in [0.05, 0.1) is 19.8 Å². The van der Waals surface area contributed by atoms with Gasteiger partial charge >= 0.3 is 11.9 Å². The van der Waals surface area contributed by atoms with Crippen LogP contribution in [0.4, 0.5) is 0 Å². The summed E-state index contributed by atoms with van der Waals surface area (Å²) in [6, 6.07) is 8.04. The van der Waals surface area contributed by atoms with E-state index in [1.807, 2.05) is 0 Å². The normalized spacial score (nSPS) is 10.4. The number of carbonyl (C=O) groups is 2. The molecule has 0 fully saturated rings. The molecule has 5 nitrogen and oxygen atoms in total. The van der Waals surface area contributed by atoms with Crippen molar-refractivity contribution in [1.29, 1.82) is 5.26 Å². The lowest BCUT2D eigenvalue weighted by Crippen LogP contribution is -2.03. The standard InChI is InChI=1S/C13H11NO4/c1-17-12(15)10-5-3-9(4-6-10)7-11(8-14)13(16)18-2/h3-7H,1-2H3/b11-7+. The third kappa shape index (κ3) is 3.19. The van der Waals surface area contributed by atoms with E-state index in [2.05, 4.69) is 9.47 Å². The van der Waals surface area contributed by atoms with E-state index in [1.165, 1.54) is 20.3 Å². The van der Waals surface area contributed by atoms with Crippen LogP contribution in [0.15, 0.2) is 29.8 Å². The summed E-state index contributed by atoms with van der Waals surface area (Å²) in [6.07, 6.45) is 1.38. The molecule has 18 heavy (non-hydrogen) atoms. The summed E-state index contributed by atoms with van der Waals surface area (Å²) in [5.74, 6) is -1.14. The second-order valence-corrected chi connectivity index (χ2v) is 3.27. The van der Waals surface area contributed by atoms with Crippen LogP contribution >= 0.6 is 0 Å². The summed E-state index contributed by atoms with van der Waals surface area (Å²) in [5.41, 5.74) is 0.902. The van der Waals surface area contributed by atoms with E-state index in [9.17, 15) is 9.59 Å². The van der Waals surface area contributed by atoms with Crippen molar-refractivity contribution >= 4 is 18.0 Å². The van der Waals surface area contributed by atoms with E-state index in [0.717, 1.165) is 0 Å². The van der Waals surface area contributed by atoms with Gasteiger partial charge in [-0.2, -0.15) is 5.26 Å². The molecule has 0 amide bonds. The third-order valence-electron chi connectivity index (χ3n) is 2.17. The zero-order valence-electron chi connectivity index (χ0n) is 9.97. The molecule has 0 unspecified atom stereocenters. The molecular formula is C13H11NO4. The first-order valence-electron chi connectivity index (χ1n) is 5.01. The predicted molar refractivity (Wildman–Crippen MR) is 63.4 cm³/mol. The number of rotatable bonds is 3. The zero-order chi connectivity index (χ0) is 13.5. The molecule has 0 spiro atoms. The van der Waals surface area contributed by atoms with Gasteiger partial charge in [0.15, 0.2) is 0 Å². The van der Waals surface area contributed by atoms with Crippen molar-refractivity contribution < 1.29 is 19.1 Å². The Labute approximate surface area is 104 Å². The van der Waals surface area contributed by atoms with Crippen molar-refractivity contribution in [1.82, 2.24) is 0 Å². The maximum Gasteiger partial charge on any atom is 0.348 e. The van der Waals surface area contributed by atoms with Gasteiger partial charge in [0.25, 0.3) is 0 Å². The molecule has 0 N–H and O–H groups in total. The maximum absolute atomic E-state index is 11.2. The van der Waals surface area contributed by atoms with Crippen molar-refractivity contribution in [2.75, 3.05) is 14.2 Å². The van der Waals surface area contributed by atoms with Crippen molar-refractivity contribution in [2.45, 2.75) is 0 Å². The van der Waals surface area contributed by atoms with E-state index < -0.39 is 11.9 Å². The Bertz CT molecular complexity index is 523. The number of methoxy groups -OCH3 is 2. The van der Waals surface area contributed by atoms with Crippen LogP contribution in [0.2, 0.25) is 0 Å². The quantitative estimate of drug-likeness (QED) is 0.458. The van der Waals surface area contributed by atoms with E-state index in [4.69, 9.17) is 5.26 Å². The fraction of sp³-hybridized carbons (Fsp3) is 0.154. The van der Waals surface area contributed by atoms with Gasteiger partial charge in [-0.3, -0.25) is 0 Å². The zero-order valence-corrected chi connectivity index (χ0v) is 9.97. The lowest BCUT2D eigenvalue weighted by atomic mass is 10.1. The fourth-order valence-electron chi connectivity index (χ4n) is 1.25. The Morgan fingerprint density at radius 1 is 1.17 bits per heavy atom. The van der Waals surface area contributed by atoms with Crippen LogP contribution in [-0.4, -0.2) is 26.2 Å². The number of hydrogen-bond donors (Lipinski definition) is 0. The van der Waals surface area contributed by atoms with E-state index >= 15 is 0 Å². The Kier molecular flexibility index (Phi) is 4.64. The average Bonchev–Trinajstić information content (AvgIpc) is 2.43. The summed E-state index contributed by atoms with van der Waals surface area (Å²) in [4.78, 5) is 22.4. The Balaban J connectivity index is 2.99. The minimum Gasteiger partial charge on any atom is -0.465 e. The van der Waals surface area contributed by atoms with Crippen LogP contribution in [0.5, 0.6) is 0 Å². The molecule has 0 saturated carbocycles. The Morgan fingerprint density at radius 3 is 2.22 bits per heavy atom. The lowest BCUT2D eigenvalue weighted by molar-refractivity contribution is -0.135. The summed E-state index contributed by atoms with van der Waals surface area (Å²) in [5, 5.41) is 8.78. The van der Waals surface area contributed by atoms with Gasteiger partial charge < -0.3 is 9.47 Å². The lowest BCUT2D eigenvalue weighted by Gasteiger charge is -2.00. The minimum atomic E-state index is -0.699. The molecule has 1 rings (SSSR count). The van der Waals surface area contributed by atoms with E-state index in [1.54, 1.807) is 30.3 Å². The number of nitrogens with zero attached hydrogens (tertiary/aromatic N) is 1. The second kappa shape index (κ2) is 6.21. The van der Waals surface area contributed by atoms with Gasteiger partial charge in [-0.1, -0.05) is 12.1 Å². The predicted octanol–water partition coefficient (Wildman–Crippen LogP) is 1.55. The highest BCUT2D eigenvalue weighted by Gasteiger charge is 2.09. The molecule has 0 aromatic heterocycles. The molecule has 5 heteroatoms.